The number of hydrogen-bond donors (Lipinski definition) is 2. The molecule has 0 heterocycles. The lowest BCUT2D eigenvalue weighted by Gasteiger charge is -2.12. The van der Waals surface area contributed by atoms with Crippen LogP contribution in [0.3, 0.4) is 0 Å². The van der Waals surface area contributed by atoms with Crippen LogP contribution < -0.4 is 10.5 Å². The van der Waals surface area contributed by atoms with E-state index in [1.807, 2.05) is 0 Å². The molecule has 3 N–H and O–H groups in total. The standard InChI is InChI=1S/C11H15FN2O2S2/c1-7-3-4-9(12)5-10(7)18(15,16)14-6-8(2)11(13)17/h3-5,8,14H,6H2,1-2H3,(H2,13,17). The van der Waals surface area contributed by atoms with Crippen molar-refractivity contribution in [2.45, 2.75) is 18.7 Å². The Morgan fingerprint density at radius 2 is 2.17 bits per heavy atom. The molecule has 0 bridgehead atoms. The number of nitrogens with one attached hydrogen (secondary N) is 1. The minimum Gasteiger partial charge on any atom is -0.393 e. The Morgan fingerprint density at radius 1 is 1.56 bits per heavy atom. The van der Waals surface area contributed by atoms with Crippen LogP contribution in [0.25, 0.3) is 0 Å². The first-order valence-electron chi connectivity index (χ1n) is 5.29. The highest BCUT2D eigenvalue weighted by Crippen LogP contribution is 2.16. The molecule has 1 atom stereocenters. The van der Waals surface area contributed by atoms with Crippen molar-refractivity contribution in [3.63, 3.8) is 0 Å². The molecule has 0 aliphatic rings. The van der Waals surface area contributed by atoms with Crippen molar-refractivity contribution in [3.8, 4) is 0 Å². The zero-order chi connectivity index (χ0) is 13.9. The molecular weight excluding hydrogens is 275 g/mol. The summed E-state index contributed by atoms with van der Waals surface area (Å²) in [5.74, 6) is -0.855. The molecule has 7 heteroatoms. The van der Waals surface area contributed by atoms with Crippen LogP contribution in [0.2, 0.25) is 0 Å². The predicted molar refractivity (Wildman–Crippen MR) is 72.3 cm³/mol. The zero-order valence-electron chi connectivity index (χ0n) is 10.1. The number of rotatable bonds is 5. The van der Waals surface area contributed by atoms with Crippen LogP contribution in [0.15, 0.2) is 23.1 Å². The fourth-order valence-corrected chi connectivity index (χ4v) is 2.74. The number of thiocarbonyl (C=S) groups is 1. The number of nitrogens with two attached hydrogens (primary N) is 1. The molecule has 100 valence electrons. The summed E-state index contributed by atoms with van der Waals surface area (Å²) in [6.45, 7) is 3.40. The summed E-state index contributed by atoms with van der Waals surface area (Å²) in [6, 6.07) is 3.62. The maximum absolute atomic E-state index is 13.1. The van der Waals surface area contributed by atoms with E-state index in [0.29, 0.717) is 5.56 Å². The van der Waals surface area contributed by atoms with E-state index in [9.17, 15) is 12.8 Å². The third-order valence-corrected chi connectivity index (χ3v) is 4.47. The number of benzene rings is 1. The number of halogens is 1. The Morgan fingerprint density at radius 3 is 2.72 bits per heavy atom. The van der Waals surface area contributed by atoms with E-state index < -0.39 is 15.8 Å². The van der Waals surface area contributed by atoms with E-state index in [4.69, 9.17) is 18.0 Å². The fourth-order valence-electron chi connectivity index (χ4n) is 1.28. The van der Waals surface area contributed by atoms with Gasteiger partial charge in [0, 0.05) is 12.5 Å². The first-order chi connectivity index (χ1) is 8.24. The highest BCUT2D eigenvalue weighted by Gasteiger charge is 2.18. The third kappa shape index (κ3) is 3.72. The van der Waals surface area contributed by atoms with Gasteiger partial charge >= 0.3 is 0 Å². The number of aryl methyl sites for hydroxylation is 1. The Hall–Kier alpha value is -1.05. The molecule has 0 radical (unpaired) electrons. The van der Waals surface area contributed by atoms with Gasteiger partial charge in [-0.2, -0.15) is 0 Å². The Kier molecular flexibility index (Phi) is 4.78. The molecule has 0 aromatic heterocycles. The summed E-state index contributed by atoms with van der Waals surface area (Å²) in [7, 11) is -3.75. The van der Waals surface area contributed by atoms with Crippen molar-refractivity contribution in [3.05, 3.63) is 29.6 Å². The van der Waals surface area contributed by atoms with Gasteiger partial charge in [0.15, 0.2) is 0 Å². The first-order valence-corrected chi connectivity index (χ1v) is 7.18. The van der Waals surface area contributed by atoms with Crippen molar-refractivity contribution in [2.75, 3.05) is 6.54 Å². The maximum atomic E-state index is 13.1. The molecule has 0 aliphatic heterocycles. The molecule has 4 nitrogen and oxygen atoms in total. The summed E-state index contributed by atoms with van der Waals surface area (Å²) in [4.78, 5) is 0.159. The molecule has 1 unspecified atom stereocenters. The van der Waals surface area contributed by atoms with Gasteiger partial charge in [0.05, 0.1) is 9.88 Å². The smallest absolute Gasteiger partial charge is 0.240 e. The summed E-state index contributed by atoms with van der Waals surface area (Å²) >= 11 is 4.75. The van der Waals surface area contributed by atoms with Crippen LogP contribution in [-0.4, -0.2) is 20.0 Å². The van der Waals surface area contributed by atoms with E-state index in [-0.39, 0.29) is 22.3 Å². The molecule has 0 amide bonds. The molecule has 0 aliphatic carbocycles. The molecule has 0 saturated heterocycles. The third-order valence-electron chi connectivity index (χ3n) is 2.50. The Bertz CT molecular complexity index is 558. The van der Waals surface area contributed by atoms with Gasteiger partial charge in [-0.1, -0.05) is 25.2 Å². The van der Waals surface area contributed by atoms with Crippen LogP contribution in [0, 0.1) is 18.7 Å². The quantitative estimate of drug-likeness (QED) is 0.803. The monoisotopic (exact) mass is 290 g/mol. The van der Waals surface area contributed by atoms with Gasteiger partial charge in [0.2, 0.25) is 10.0 Å². The highest BCUT2D eigenvalue weighted by molar-refractivity contribution is 7.89. The van der Waals surface area contributed by atoms with Gasteiger partial charge in [-0.15, -0.1) is 0 Å². The average Bonchev–Trinajstić information content (AvgIpc) is 2.29. The number of hydrogen-bond acceptors (Lipinski definition) is 3. The highest BCUT2D eigenvalue weighted by atomic mass is 32.2. The predicted octanol–water partition coefficient (Wildman–Crippen LogP) is 1.33. The Labute approximate surface area is 111 Å². The van der Waals surface area contributed by atoms with Crippen molar-refractivity contribution < 1.29 is 12.8 Å². The maximum Gasteiger partial charge on any atom is 0.240 e. The second-order valence-electron chi connectivity index (χ2n) is 4.07. The molecule has 1 aromatic rings. The molecule has 1 rings (SSSR count). The van der Waals surface area contributed by atoms with Crippen LogP contribution in [0.4, 0.5) is 4.39 Å². The van der Waals surface area contributed by atoms with E-state index >= 15 is 0 Å². The lowest BCUT2D eigenvalue weighted by Crippen LogP contribution is -2.34. The van der Waals surface area contributed by atoms with Crippen molar-refractivity contribution in [2.24, 2.45) is 11.7 Å². The second kappa shape index (κ2) is 5.73. The molecule has 1 aromatic carbocycles. The molecule has 0 saturated carbocycles. The van der Waals surface area contributed by atoms with E-state index in [1.54, 1.807) is 13.8 Å². The summed E-state index contributed by atoms with van der Waals surface area (Å²) in [6.07, 6.45) is 0. The van der Waals surface area contributed by atoms with Crippen LogP contribution in [0.5, 0.6) is 0 Å². The first kappa shape index (κ1) is 15.0. The van der Waals surface area contributed by atoms with E-state index in [1.165, 1.54) is 12.1 Å². The normalized spacial score (nSPS) is 13.3. The minimum atomic E-state index is -3.75. The van der Waals surface area contributed by atoms with Gasteiger partial charge in [0.25, 0.3) is 0 Å². The average molecular weight is 290 g/mol. The molecular formula is C11H15FN2O2S2. The summed E-state index contributed by atoms with van der Waals surface area (Å²) in [5.41, 5.74) is 5.87. The van der Waals surface area contributed by atoms with Gasteiger partial charge in [-0.05, 0) is 24.6 Å². The van der Waals surface area contributed by atoms with Gasteiger partial charge in [0.1, 0.15) is 5.82 Å². The van der Waals surface area contributed by atoms with Crippen molar-refractivity contribution in [1.82, 2.24) is 4.72 Å². The van der Waals surface area contributed by atoms with Crippen LogP contribution in [0.1, 0.15) is 12.5 Å². The molecule has 0 fully saturated rings. The zero-order valence-corrected chi connectivity index (χ0v) is 11.7. The van der Waals surface area contributed by atoms with Gasteiger partial charge in [-0.3, -0.25) is 0 Å². The largest absolute Gasteiger partial charge is 0.393 e. The summed E-state index contributed by atoms with van der Waals surface area (Å²) in [5, 5.41) is 0. The van der Waals surface area contributed by atoms with E-state index in [0.717, 1.165) is 6.07 Å². The number of sulfonamides is 1. The van der Waals surface area contributed by atoms with Crippen molar-refractivity contribution in [1.29, 1.82) is 0 Å². The minimum absolute atomic E-state index is 0.0716. The summed E-state index contributed by atoms with van der Waals surface area (Å²) < 4.78 is 39.4. The van der Waals surface area contributed by atoms with Crippen molar-refractivity contribution >= 4 is 27.2 Å². The topological polar surface area (TPSA) is 72.2 Å². The van der Waals surface area contributed by atoms with Gasteiger partial charge < -0.3 is 5.73 Å². The molecule has 0 spiro atoms. The fraction of sp³-hybridized carbons (Fsp3) is 0.364. The van der Waals surface area contributed by atoms with Crippen LogP contribution in [-0.2, 0) is 10.0 Å². The SMILES string of the molecule is Cc1ccc(F)cc1S(=O)(=O)NCC(C)C(N)=S. The Balaban J connectivity index is 2.93. The second-order valence-corrected chi connectivity index (χ2v) is 6.27. The van der Waals surface area contributed by atoms with E-state index in [2.05, 4.69) is 4.72 Å². The van der Waals surface area contributed by atoms with Gasteiger partial charge in [-0.25, -0.2) is 17.5 Å². The lowest BCUT2D eigenvalue weighted by molar-refractivity contribution is 0.570. The van der Waals surface area contributed by atoms with Crippen LogP contribution >= 0.6 is 12.2 Å². The lowest BCUT2D eigenvalue weighted by atomic mass is 10.2. The molecule has 18 heavy (non-hydrogen) atoms.